The zero-order valence-electron chi connectivity index (χ0n) is 17.7. The van der Waals surface area contributed by atoms with Crippen molar-refractivity contribution in [3.8, 4) is 22.5 Å². The Morgan fingerprint density at radius 2 is 1.33 bits per heavy atom. The predicted molar refractivity (Wildman–Crippen MR) is 126 cm³/mol. The highest BCUT2D eigenvalue weighted by Gasteiger charge is 2.18. The molecule has 1 heterocycles. The topological polar surface area (TPSA) is 69.1 Å². The van der Waals surface area contributed by atoms with Crippen LogP contribution < -0.4 is 0 Å². The highest BCUT2D eigenvalue weighted by Crippen LogP contribution is 2.34. The second-order valence-corrected chi connectivity index (χ2v) is 7.56. The van der Waals surface area contributed by atoms with Crippen LogP contribution in [0.15, 0.2) is 48.5 Å². The highest BCUT2D eigenvalue weighted by atomic mass is 35.5. The molecule has 0 saturated heterocycles. The SMILES string of the molecule is CCCCCCCCc1nc(-c2ccccc2CO)c(-c2ccccc2CO)[nH]1.Cl. The fourth-order valence-corrected chi connectivity index (χ4v) is 3.79. The van der Waals surface area contributed by atoms with Gasteiger partial charge < -0.3 is 15.2 Å². The van der Waals surface area contributed by atoms with E-state index in [1.807, 2.05) is 48.5 Å². The van der Waals surface area contributed by atoms with Crippen LogP contribution in [-0.4, -0.2) is 20.2 Å². The first-order chi connectivity index (χ1) is 14.3. The zero-order valence-corrected chi connectivity index (χ0v) is 18.5. The number of halogens is 1. The largest absolute Gasteiger partial charge is 0.392 e. The summed E-state index contributed by atoms with van der Waals surface area (Å²) < 4.78 is 0. The van der Waals surface area contributed by atoms with Crippen molar-refractivity contribution in [2.24, 2.45) is 0 Å². The van der Waals surface area contributed by atoms with Crippen LogP contribution in [0, 0.1) is 0 Å². The summed E-state index contributed by atoms with van der Waals surface area (Å²) in [4.78, 5) is 8.45. The van der Waals surface area contributed by atoms with Gasteiger partial charge in [0.1, 0.15) is 5.82 Å². The Hall–Kier alpha value is -2.14. The number of nitrogens with zero attached hydrogens (tertiary/aromatic N) is 1. The number of H-pyrrole nitrogens is 1. The van der Waals surface area contributed by atoms with Crippen molar-refractivity contribution < 1.29 is 10.2 Å². The summed E-state index contributed by atoms with van der Waals surface area (Å²) in [7, 11) is 0. The summed E-state index contributed by atoms with van der Waals surface area (Å²) in [5.41, 5.74) is 5.37. The van der Waals surface area contributed by atoms with E-state index in [0.717, 1.165) is 52.3 Å². The van der Waals surface area contributed by atoms with Gasteiger partial charge in [0, 0.05) is 17.5 Å². The van der Waals surface area contributed by atoms with E-state index in [-0.39, 0.29) is 25.6 Å². The van der Waals surface area contributed by atoms with Gasteiger partial charge in [-0.2, -0.15) is 0 Å². The molecule has 4 nitrogen and oxygen atoms in total. The Kier molecular flexibility index (Phi) is 10.1. The smallest absolute Gasteiger partial charge is 0.107 e. The molecular weight excluding hydrogens is 396 g/mol. The average Bonchev–Trinajstić information content (AvgIpc) is 3.19. The van der Waals surface area contributed by atoms with E-state index < -0.39 is 0 Å². The number of unbranched alkanes of at least 4 members (excludes halogenated alkanes) is 5. The van der Waals surface area contributed by atoms with Crippen molar-refractivity contribution in [2.45, 2.75) is 65.1 Å². The third-order valence-corrected chi connectivity index (χ3v) is 5.42. The molecule has 3 aromatic rings. The summed E-state index contributed by atoms with van der Waals surface area (Å²) in [6.07, 6.45) is 8.38. The molecule has 0 aliphatic heterocycles. The number of nitrogens with one attached hydrogen (secondary N) is 1. The van der Waals surface area contributed by atoms with Crippen molar-refractivity contribution in [1.29, 1.82) is 0 Å². The molecule has 5 heteroatoms. The number of benzene rings is 2. The molecule has 0 spiro atoms. The normalized spacial score (nSPS) is 10.8. The minimum absolute atomic E-state index is 0. The quantitative estimate of drug-likeness (QED) is 0.325. The van der Waals surface area contributed by atoms with Crippen molar-refractivity contribution >= 4 is 12.4 Å². The van der Waals surface area contributed by atoms with Crippen LogP contribution in [0.25, 0.3) is 22.5 Å². The number of imidazole rings is 1. The van der Waals surface area contributed by atoms with E-state index in [2.05, 4.69) is 11.9 Å². The lowest BCUT2D eigenvalue weighted by atomic mass is 9.98. The first kappa shape index (κ1) is 24.1. The minimum atomic E-state index is -0.0309. The Morgan fingerprint density at radius 3 is 2.00 bits per heavy atom. The van der Waals surface area contributed by atoms with Gasteiger partial charge in [0.25, 0.3) is 0 Å². The van der Waals surface area contributed by atoms with Crippen LogP contribution in [-0.2, 0) is 19.6 Å². The van der Waals surface area contributed by atoms with Gasteiger partial charge in [-0.25, -0.2) is 4.98 Å². The van der Waals surface area contributed by atoms with Gasteiger partial charge in [0.05, 0.1) is 24.6 Å². The fraction of sp³-hybridized carbons (Fsp3) is 0.400. The lowest BCUT2D eigenvalue weighted by Crippen LogP contribution is -1.94. The summed E-state index contributed by atoms with van der Waals surface area (Å²) >= 11 is 0. The van der Waals surface area contributed by atoms with E-state index in [0.29, 0.717) is 0 Å². The minimum Gasteiger partial charge on any atom is -0.392 e. The van der Waals surface area contributed by atoms with E-state index in [1.54, 1.807) is 0 Å². The number of hydrogen-bond donors (Lipinski definition) is 3. The lowest BCUT2D eigenvalue weighted by Gasteiger charge is -2.10. The van der Waals surface area contributed by atoms with Crippen LogP contribution in [0.2, 0.25) is 0 Å². The van der Waals surface area contributed by atoms with Gasteiger partial charge in [0.2, 0.25) is 0 Å². The molecule has 0 aliphatic carbocycles. The van der Waals surface area contributed by atoms with Crippen molar-refractivity contribution in [1.82, 2.24) is 9.97 Å². The number of aryl methyl sites for hydroxylation is 1. The molecule has 0 fully saturated rings. The van der Waals surface area contributed by atoms with Crippen LogP contribution in [0.4, 0.5) is 0 Å². The maximum Gasteiger partial charge on any atom is 0.107 e. The first-order valence-corrected chi connectivity index (χ1v) is 10.8. The lowest BCUT2D eigenvalue weighted by molar-refractivity contribution is 0.282. The van der Waals surface area contributed by atoms with Gasteiger partial charge in [-0.3, -0.25) is 0 Å². The molecule has 0 radical (unpaired) electrons. The Bertz CT molecular complexity index is 843. The van der Waals surface area contributed by atoms with E-state index in [9.17, 15) is 10.2 Å². The summed E-state index contributed by atoms with van der Waals surface area (Å²) in [6, 6.07) is 15.7. The number of aromatic nitrogens is 2. The van der Waals surface area contributed by atoms with Gasteiger partial charge in [0.15, 0.2) is 0 Å². The molecule has 162 valence electrons. The molecule has 0 amide bonds. The molecule has 2 aromatic carbocycles. The molecule has 0 atom stereocenters. The number of hydrogen-bond acceptors (Lipinski definition) is 3. The van der Waals surface area contributed by atoms with Gasteiger partial charge in [-0.15, -0.1) is 12.4 Å². The summed E-state index contributed by atoms with van der Waals surface area (Å²) in [5.74, 6) is 0.964. The average molecular weight is 429 g/mol. The van der Waals surface area contributed by atoms with Crippen molar-refractivity contribution in [3.05, 3.63) is 65.5 Å². The second kappa shape index (κ2) is 12.5. The molecule has 1 aromatic heterocycles. The molecule has 0 unspecified atom stereocenters. The molecule has 3 N–H and O–H groups in total. The van der Waals surface area contributed by atoms with Gasteiger partial charge >= 0.3 is 0 Å². The molecule has 0 aliphatic rings. The van der Waals surface area contributed by atoms with Crippen molar-refractivity contribution in [3.63, 3.8) is 0 Å². The number of rotatable bonds is 11. The van der Waals surface area contributed by atoms with Gasteiger partial charge in [-0.1, -0.05) is 87.6 Å². The van der Waals surface area contributed by atoms with Gasteiger partial charge in [-0.05, 0) is 17.5 Å². The molecule has 3 rings (SSSR count). The molecule has 0 bridgehead atoms. The maximum absolute atomic E-state index is 9.82. The Labute approximate surface area is 185 Å². The van der Waals surface area contributed by atoms with E-state index >= 15 is 0 Å². The molecule has 0 saturated carbocycles. The van der Waals surface area contributed by atoms with E-state index in [1.165, 1.54) is 32.1 Å². The van der Waals surface area contributed by atoms with Crippen LogP contribution in [0.1, 0.15) is 62.4 Å². The van der Waals surface area contributed by atoms with Crippen LogP contribution in [0.3, 0.4) is 0 Å². The molecule has 30 heavy (non-hydrogen) atoms. The molecular formula is C25H33ClN2O2. The van der Waals surface area contributed by atoms with Crippen LogP contribution in [0.5, 0.6) is 0 Å². The monoisotopic (exact) mass is 428 g/mol. The Morgan fingerprint density at radius 1 is 0.767 bits per heavy atom. The number of aliphatic hydroxyl groups is 2. The second-order valence-electron chi connectivity index (χ2n) is 7.56. The van der Waals surface area contributed by atoms with Crippen molar-refractivity contribution in [2.75, 3.05) is 0 Å². The summed E-state index contributed by atoms with van der Waals surface area (Å²) in [6.45, 7) is 2.18. The number of aromatic amines is 1. The third-order valence-electron chi connectivity index (χ3n) is 5.42. The number of aliphatic hydroxyl groups excluding tert-OH is 2. The standard InChI is InChI=1S/C25H32N2O2.ClH/c1-2-3-4-5-6-7-16-23-26-24(21-14-10-8-12-19(21)17-28)25(27-23)22-15-11-9-13-20(22)18-29;/h8-15,28-29H,2-7,16-18H2,1H3,(H,26,27);1H. The Balaban J connectivity index is 0.00000320. The van der Waals surface area contributed by atoms with Crippen LogP contribution >= 0.6 is 12.4 Å². The summed E-state index contributed by atoms with van der Waals surface area (Å²) in [5, 5.41) is 19.6. The highest BCUT2D eigenvalue weighted by molar-refractivity contribution is 5.85. The third kappa shape index (κ3) is 5.94. The predicted octanol–water partition coefficient (Wildman–Crippen LogP) is 6.05. The first-order valence-electron chi connectivity index (χ1n) is 10.8. The maximum atomic E-state index is 9.82. The fourth-order valence-electron chi connectivity index (χ4n) is 3.79. The van der Waals surface area contributed by atoms with E-state index in [4.69, 9.17) is 4.98 Å². The zero-order chi connectivity index (χ0) is 20.5.